The Morgan fingerprint density at radius 3 is 2.58 bits per heavy atom. The molecule has 12 nitrogen and oxygen atoms in total. The number of thioether (sulfide) groups is 2. The number of ether oxygens (including phenoxy) is 1. The van der Waals surface area contributed by atoms with Gasteiger partial charge in [-0.25, -0.2) is 16.2 Å². The zero-order valence-corrected chi connectivity index (χ0v) is 17.1. The van der Waals surface area contributed by atoms with Crippen LogP contribution in [0.1, 0.15) is 0 Å². The van der Waals surface area contributed by atoms with Crippen LogP contribution in [0.5, 0.6) is 0 Å². The van der Waals surface area contributed by atoms with Gasteiger partial charge in [0, 0.05) is 31.4 Å². The van der Waals surface area contributed by atoms with Crippen molar-refractivity contribution in [3.63, 3.8) is 0 Å². The van der Waals surface area contributed by atoms with E-state index < -0.39 is 5.30 Å². The molecule has 0 aromatic carbocycles. The number of likely N-dealkylation sites (N-methyl/N-ethyl adjacent to an activating group) is 2. The zero-order chi connectivity index (χ0) is 19.5. The lowest BCUT2D eigenvalue weighted by atomic mass is 10.6. The molecule has 0 saturated heterocycles. The molecule has 0 radical (unpaired) electrons. The van der Waals surface area contributed by atoms with E-state index in [4.69, 9.17) is 16.4 Å². The van der Waals surface area contributed by atoms with Gasteiger partial charge < -0.3 is 20.4 Å². The predicted molar refractivity (Wildman–Crippen MR) is 107 cm³/mol. The molecule has 0 aliphatic carbocycles. The van der Waals surface area contributed by atoms with Gasteiger partial charge in [-0.3, -0.25) is 10.0 Å². The minimum Gasteiger partial charge on any atom is -0.446 e. The maximum absolute atomic E-state index is 11.9. The Balaban J connectivity index is 2.32. The minimum absolute atomic E-state index is 0.104. The Hall–Kier alpha value is -1.45. The first-order valence-electron chi connectivity index (χ1n) is 7.76. The number of nitrogens with two attached hydrogens (primary N) is 2. The fourth-order valence-electron chi connectivity index (χ4n) is 1.60. The molecule has 0 amide bonds. The van der Waals surface area contributed by atoms with Crippen LogP contribution in [-0.2, 0) is 4.74 Å². The maximum atomic E-state index is 11.9. The van der Waals surface area contributed by atoms with Crippen LogP contribution in [0.4, 0.5) is 4.79 Å². The molecule has 14 heteroatoms. The first-order valence-corrected chi connectivity index (χ1v) is 9.56. The van der Waals surface area contributed by atoms with Crippen LogP contribution in [0.3, 0.4) is 0 Å². The van der Waals surface area contributed by atoms with Crippen LogP contribution in [0.2, 0.25) is 0 Å². The zero-order valence-electron chi connectivity index (χ0n) is 15.5. The average Bonchev–Trinajstić information content (AvgIpc) is 3.03. The lowest BCUT2D eigenvalue weighted by Gasteiger charge is -2.21. The lowest BCUT2D eigenvalue weighted by Crippen LogP contribution is -2.43. The molecule has 1 rings (SSSR count). The van der Waals surface area contributed by atoms with Gasteiger partial charge >= 0.3 is 5.30 Å². The quantitative estimate of drug-likeness (QED) is 0.0944. The number of nitrogens with zero attached hydrogens (tertiary/aromatic N) is 6. The summed E-state index contributed by atoms with van der Waals surface area (Å²) in [4.78, 5) is 15.9. The van der Waals surface area contributed by atoms with Gasteiger partial charge in [0.25, 0.3) is 0 Å². The Morgan fingerprint density at radius 2 is 1.96 bits per heavy atom. The van der Waals surface area contributed by atoms with Gasteiger partial charge in [0.2, 0.25) is 10.3 Å². The van der Waals surface area contributed by atoms with Gasteiger partial charge in [-0.2, -0.15) is 5.10 Å². The highest BCUT2D eigenvalue weighted by atomic mass is 32.2. The summed E-state index contributed by atoms with van der Waals surface area (Å²) >= 11 is 2.03. The fourth-order valence-corrected chi connectivity index (χ4v) is 2.88. The summed E-state index contributed by atoms with van der Waals surface area (Å²) < 4.78 is 5.17. The first-order chi connectivity index (χ1) is 12.3. The van der Waals surface area contributed by atoms with E-state index in [1.54, 1.807) is 0 Å². The molecule has 1 aliphatic heterocycles. The van der Waals surface area contributed by atoms with Crippen molar-refractivity contribution in [3.05, 3.63) is 0 Å². The van der Waals surface area contributed by atoms with Crippen LogP contribution in [0.25, 0.3) is 0 Å². The number of carbonyl (C=O) groups is 1. The molecule has 0 bridgehead atoms. The van der Waals surface area contributed by atoms with E-state index in [0.717, 1.165) is 24.9 Å². The molecule has 0 aromatic heterocycles. The van der Waals surface area contributed by atoms with Crippen LogP contribution in [0, 0.1) is 0 Å². The second kappa shape index (κ2) is 12.0. The number of amidine groups is 2. The van der Waals surface area contributed by atoms with E-state index in [0.29, 0.717) is 18.3 Å². The minimum atomic E-state index is -0.540. The average molecular weight is 409 g/mol. The Morgan fingerprint density at radius 1 is 1.27 bits per heavy atom. The standard InChI is InChI=1S/C12H28N10O2S2/c1-19(2)5-7-21(14)10(15-13)26-12(23)24-9-25-11-16-17-18-22(11)8-6-20(3)4/h17-18H,5-9,13-14H2,1-4H3/b15-10+. The van der Waals surface area contributed by atoms with Crippen molar-refractivity contribution in [2.45, 2.75) is 0 Å². The lowest BCUT2D eigenvalue weighted by molar-refractivity contribution is 0.195. The number of hydrazone groups is 2. The van der Waals surface area contributed by atoms with Crippen molar-refractivity contribution >= 4 is 39.2 Å². The van der Waals surface area contributed by atoms with E-state index in [-0.39, 0.29) is 11.1 Å². The van der Waals surface area contributed by atoms with Gasteiger partial charge in [0.15, 0.2) is 0 Å². The highest BCUT2D eigenvalue weighted by Crippen LogP contribution is 2.15. The van der Waals surface area contributed by atoms with Crippen molar-refractivity contribution in [2.24, 2.45) is 21.9 Å². The second-order valence-corrected chi connectivity index (χ2v) is 7.53. The van der Waals surface area contributed by atoms with Crippen LogP contribution in [-0.4, -0.2) is 95.8 Å². The highest BCUT2D eigenvalue weighted by Gasteiger charge is 2.19. The Kier molecular flexibility index (Phi) is 10.5. The fraction of sp³-hybridized carbons (Fsp3) is 0.750. The summed E-state index contributed by atoms with van der Waals surface area (Å²) in [6.07, 6.45) is 0. The summed E-state index contributed by atoms with van der Waals surface area (Å²) in [6, 6.07) is 0. The van der Waals surface area contributed by atoms with Gasteiger partial charge in [0.05, 0.1) is 6.54 Å². The number of hydrogen-bond donors (Lipinski definition) is 4. The third kappa shape index (κ3) is 8.77. The third-order valence-electron chi connectivity index (χ3n) is 3.02. The predicted octanol–water partition coefficient (Wildman–Crippen LogP) is -1.33. The molecule has 150 valence electrons. The summed E-state index contributed by atoms with van der Waals surface area (Å²) in [7, 11) is 7.82. The van der Waals surface area contributed by atoms with E-state index in [1.807, 2.05) is 38.1 Å². The first kappa shape index (κ1) is 22.6. The molecule has 0 unspecified atom stereocenters. The van der Waals surface area contributed by atoms with Crippen LogP contribution < -0.4 is 22.8 Å². The van der Waals surface area contributed by atoms with Gasteiger partial charge in [0.1, 0.15) is 5.94 Å². The molecule has 6 N–H and O–H groups in total. The molecule has 26 heavy (non-hydrogen) atoms. The SMILES string of the molecule is CN(C)CCN1NNN=C1SCOC(=O)S/C(=N/N)N(N)CCN(C)C. The van der Waals surface area contributed by atoms with E-state index in [9.17, 15) is 4.79 Å². The normalized spacial score (nSPS) is 14.7. The molecule has 0 spiro atoms. The van der Waals surface area contributed by atoms with Crippen molar-refractivity contribution in [1.29, 1.82) is 0 Å². The number of rotatable bonds is 8. The molecule has 1 heterocycles. The molecule has 0 aromatic rings. The largest absolute Gasteiger partial charge is 0.446 e. The third-order valence-corrected chi connectivity index (χ3v) is 4.63. The van der Waals surface area contributed by atoms with Gasteiger partial charge in [-0.15, -0.1) is 10.6 Å². The van der Waals surface area contributed by atoms with E-state index >= 15 is 0 Å². The summed E-state index contributed by atoms with van der Waals surface area (Å²) in [5.41, 5.74) is 5.58. The number of hydrazine groups is 3. The summed E-state index contributed by atoms with van der Waals surface area (Å²) in [6.45, 7) is 2.75. The Bertz CT molecular complexity index is 502. The van der Waals surface area contributed by atoms with Crippen molar-refractivity contribution in [2.75, 3.05) is 60.3 Å². The van der Waals surface area contributed by atoms with Gasteiger partial charge in [-0.05, 0) is 40.0 Å². The van der Waals surface area contributed by atoms with Crippen molar-refractivity contribution < 1.29 is 9.53 Å². The van der Waals surface area contributed by atoms with Crippen molar-refractivity contribution in [3.8, 4) is 0 Å². The highest BCUT2D eigenvalue weighted by molar-refractivity contribution is 8.26. The Labute approximate surface area is 162 Å². The van der Waals surface area contributed by atoms with E-state index in [2.05, 4.69) is 26.2 Å². The van der Waals surface area contributed by atoms with Crippen molar-refractivity contribution in [1.82, 2.24) is 30.9 Å². The number of hydrogen-bond acceptors (Lipinski definition) is 13. The van der Waals surface area contributed by atoms with Crippen LogP contribution in [0.15, 0.2) is 10.2 Å². The van der Waals surface area contributed by atoms with E-state index in [1.165, 1.54) is 16.8 Å². The molecule has 0 fully saturated rings. The van der Waals surface area contributed by atoms with Crippen LogP contribution >= 0.6 is 23.5 Å². The smallest absolute Gasteiger partial charge is 0.376 e. The summed E-state index contributed by atoms with van der Waals surface area (Å²) in [5.74, 6) is 11.3. The summed E-state index contributed by atoms with van der Waals surface area (Å²) in [5, 5.41) is 11.1. The molecule has 1 aliphatic rings. The van der Waals surface area contributed by atoms with Gasteiger partial charge in [-0.1, -0.05) is 0 Å². The number of carbonyl (C=O) groups excluding carboxylic acids is 1. The molecule has 0 atom stereocenters. The number of nitrogens with one attached hydrogen (secondary N) is 2. The second-order valence-electron chi connectivity index (χ2n) is 5.74. The molecular formula is C12H28N10O2S2. The molecule has 0 saturated carbocycles. The maximum Gasteiger partial charge on any atom is 0.376 e. The monoisotopic (exact) mass is 408 g/mol. The topological polar surface area (TPSA) is 140 Å². The molecular weight excluding hydrogens is 380 g/mol.